The van der Waals surface area contributed by atoms with Crippen molar-refractivity contribution >= 4 is 27.4 Å². The maximum Gasteiger partial charge on any atom is 0.241 e. The van der Waals surface area contributed by atoms with Crippen LogP contribution in [0.25, 0.3) is 0 Å². The van der Waals surface area contributed by atoms with Crippen LogP contribution in [0.4, 0.5) is 0 Å². The lowest BCUT2D eigenvalue weighted by Crippen LogP contribution is -2.27. The zero-order valence-electron chi connectivity index (χ0n) is 12.2. The van der Waals surface area contributed by atoms with Crippen LogP contribution in [0.1, 0.15) is 35.8 Å². The van der Waals surface area contributed by atoms with Crippen LogP contribution in [0.15, 0.2) is 53.4 Å². The van der Waals surface area contributed by atoms with Gasteiger partial charge in [0.15, 0.2) is 5.78 Å². The molecule has 0 amide bonds. The number of halogens is 1. The maximum atomic E-state index is 12.4. The molecule has 2 aromatic carbocycles. The Morgan fingerprint density at radius 2 is 1.68 bits per heavy atom. The Morgan fingerprint density at radius 1 is 1.09 bits per heavy atom. The van der Waals surface area contributed by atoms with E-state index in [2.05, 4.69) is 4.72 Å². The summed E-state index contributed by atoms with van der Waals surface area (Å²) in [7, 11) is -3.69. The summed E-state index contributed by atoms with van der Waals surface area (Å²) < 4.78 is 27.3. The van der Waals surface area contributed by atoms with E-state index in [-0.39, 0.29) is 10.7 Å². The van der Waals surface area contributed by atoms with E-state index in [4.69, 9.17) is 11.6 Å². The molecule has 0 aliphatic rings. The molecular weight excluding hydrogens is 322 g/mol. The zero-order chi connectivity index (χ0) is 16.3. The first-order chi connectivity index (χ1) is 10.3. The average molecular weight is 338 g/mol. The van der Waals surface area contributed by atoms with Crippen LogP contribution in [0.3, 0.4) is 0 Å². The Balaban J connectivity index is 2.24. The van der Waals surface area contributed by atoms with E-state index in [9.17, 15) is 13.2 Å². The van der Waals surface area contributed by atoms with Crippen molar-refractivity contribution in [3.8, 4) is 0 Å². The highest BCUT2D eigenvalue weighted by molar-refractivity contribution is 7.89. The lowest BCUT2D eigenvalue weighted by molar-refractivity contribution is 0.101. The van der Waals surface area contributed by atoms with Gasteiger partial charge in [-0.3, -0.25) is 4.79 Å². The van der Waals surface area contributed by atoms with Gasteiger partial charge in [0, 0.05) is 16.6 Å². The summed E-state index contributed by atoms with van der Waals surface area (Å²) in [6.45, 7) is 3.16. The van der Waals surface area contributed by atoms with Crippen LogP contribution in [0, 0.1) is 0 Å². The molecule has 0 aromatic heterocycles. The predicted molar refractivity (Wildman–Crippen MR) is 86.6 cm³/mol. The van der Waals surface area contributed by atoms with E-state index in [1.807, 2.05) is 0 Å². The third-order valence-electron chi connectivity index (χ3n) is 3.27. The molecule has 0 saturated carbocycles. The van der Waals surface area contributed by atoms with Gasteiger partial charge in [-0.1, -0.05) is 41.9 Å². The van der Waals surface area contributed by atoms with Gasteiger partial charge in [-0.05, 0) is 37.6 Å². The van der Waals surface area contributed by atoms with Gasteiger partial charge in [0.25, 0.3) is 0 Å². The summed E-state index contributed by atoms with van der Waals surface area (Å²) in [4.78, 5) is 11.3. The smallest absolute Gasteiger partial charge is 0.241 e. The molecule has 6 heteroatoms. The summed E-state index contributed by atoms with van der Waals surface area (Å²) in [5, 5.41) is 0.504. The summed E-state index contributed by atoms with van der Waals surface area (Å²) in [5.41, 5.74) is 1.17. The number of sulfonamides is 1. The Bertz CT molecular complexity index is 785. The summed E-state index contributed by atoms with van der Waals surface area (Å²) in [6.07, 6.45) is 0. The standard InChI is InChI=1S/C16H16ClNO3S/c1-11(15-5-3-4-6-16(15)17)18-22(20,21)14-9-7-13(8-10-14)12(2)19/h3-11,18H,1-2H3. The highest BCUT2D eigenvalue weighted by Gasteiger charge is 2.19. The van der Waals surface area contributed by atoms with Crippen molar-refractivity contribution in [2.75, 3.05) is 0 Å². The predicted octanol–water partition coefficient (Wildman–Crippen LogP) is 3.58. The third-order valence-corrected chi connectivity index (χ3v) is 5.18. The van der Waals surface area contributed by atoms with E-state index >= 15 is 0 Å². The van der Waals surface area contributed by atoms with Crippen molar-refractivity contribution in [2.24, 2.45) is 0 Å². The number of carbonyl (C=O) groups is 1. The second kappa shape index (κ2) is 6.60. The fraction of sp³-hybridized carbons (Fsp3) is 0.188. The number of rotatable bonds is 5. The minimum Gasteiger partial charge on any atom is -0.295 e. The summed E-state index contributed by atoms with van der Waals surface area (Å²) >= 11 is 6.08. The van der Waals surface area contributed by atoms with Crippen LogP contribution in [0.5, 0.6) is 0 Å². The third kappa shape index (κ3) is 3.74. The quantitative estimate of drug-likeness (QED) is 0.848. The van der Waals surface area contributed by atoms with Gasteiger partial charge < -0.3 is 0 Å². The van der Waals surface area contributed by atoms with Gasteiger partial charge in [-0.2, -0.15) is 0 Å². The molecular formula is C16H16ClNO3S. The van der Waals surface area contributed by atoms with Crippen LogP contribution in [-0.4, -0.2) is 14.2 Å². The van der Waals surface area contributed by atoms with E-state index < -0.39 is 16.1 Å². The lowest BCUT2D eigenvalue weighted by atomic mass is 10.1. The van der Waals surface area contributed by atoms with Crippen molar-refractivity contribution in [2.45, 2.75) is 24.8 Å². The molecule has 116 valence electrons. The Morgan fingerprint density at radius 3 is 2.23 bits per heavy atom. The Labute approximate surface area is 135 Å². The first-order valence-electron chi connectivity index (χ1n) is 6.69. The number of Topliss-reactive ketones (excluding diaryl/α,β-unsaturated/α-hetero) is 1. The lowest BCUT2D eigenvalue weighted by Gasteiger charge is -2.16. The minimum absolute atomic E-state index is 0.108. The van der Waals surface area contributed by atoms with Crippen LogP contribution >= 0.6 is 11.6 Å². The number of nitrogens with one attached hydrogen (secondary N) is 1. The molecule has 0 aliphatic carbocycles. The van der Waals surface area contributed by atoms with E-state index in [0.29, 0.717) is 16.1 Å². The molecule has 0 bridgehead atoms. The van der Waals surface area contributed by atoms with E-state index in [1.165, 1.54) is 31.2 Å². The van der Waals surface area contributed by atoms with Crippen LogP contribution < -0.4 is 4.72 Å². The number of hydrogen-bond donors (Lipinski definition) is 1. The fourth-order valence-corrected chi connectivity index (χ4v) is 3.58. The highest BCUT2D eigenvalue weighted by atomic mass is 35.5. The van der Waals surface area contributed by atoms with Gasteiger partial charge in [0.1, 0.15) is 0 Å². The fourth-order valence-electron chi connectivity index (χ4n) is 2.06. The van der Waals surface area contributed by atoms with Crippen molar-refractivity contribution in [3.63, 3.8) is 0 Å². The monoisotopic (exact) mass is 337 g/mol. The van der Waals surface area contributed by atoms with Crippen LogP contribution in [0.2, 0.25) is 5.02 Å². The molecule has 0 radical (unpaired) electrons. The second-order valence-electron chi connectivity index (χ2n) is 4.95. The van der Waals surface area contributed by atoms with Gasteiger partial charge in [-0.25, -0.2) is 13.1 Å². The Hall–Kier alpha value is -1.69. The molecule has 0 aliphatic heterocycles. The first kappa shape index (κ1) is 16.7. The topological polar surface area (TPSA) is 63.2 Å². The van der Waals surface area contributed by atoms with Gasteiger partial charge >= 0.3 is 0 Å². The summed E-state index contributed by atoms with van der Waals surface area (Å²) in [6, 6.07) is 12.4. The van der Waals surface area contributed by atoms with Gasteiger partial charge in [-0.15, -0.1) is 0 Å². The normalized spacial score (nSPS) is 12.9. The molecule has 4 nitrogen and oxygen atoms in total. The Kier molecular flexibility index (Phi) is 5.01. The second-order valence-corrected chi connectivity index (χ2v) is 7.07. The maximum absolute atomic E-state index is 12.4. The van der Waals surface area contributed by atoms with E-state index in [0.717, 1.165) is 0 Å². The SMILES string of the molecule is CC(=O)c1ccc(S(=O)(=O)NC(C)c2ccccc2Cl)cc1. The van der Waals surface area contributed by atoms with Crippen molar-refractivity contribution in [1.82, 2.24) is 4.72 Å². The number of ketones is 1. The molecule has 0 saturated heterocycles. The minimum atomic E-state index is -3.69. The highest BCUT2D eigenvalue weighted by Crippen LogP contribution is 2.24. The molecule has 1 atom stereocenters. The number of hydrogen-bond acceptors (Lipinski definition) is 3. The van der Waals surface area contributed by atoms with Crippen molar-refractivity contribution in [1.29, 1.82) is 0 Å². The number of benzene rings is 2. The van der Waals surface area contributed by atoms with Crippen LogP contribution in [-0.2, 0) is 10.0 Å². The van der Waals surface area contributed by atoms with Crippen molar-refractivity contribution in [3.05, 3.63) is 64.7 Å². The molecule has 22 heavy (non-hydrogen) atoms. The molecule has 1 unspecified atom stereocenters. The molecule has 0 spiro atoms. The summed E-state index contributed by atoms with van der Waals surface area (Å²) in [5.74, 6) is -0.110. The molecule has 2 rings (SSSR count). The number of carbonyl (C=O) groups excluding carboxylic acids is 1. The first-order valence-corrected chi connectivity index (χ1v) is 8.55. The molecule has 2 aromatic rings. The molecule has 0 heterocycles. The van der Waals surface area contributed by atoms with Gasteiger partial charge in [0.2, 0.25) is 10.0 Å². The zero-order valence-corrected chi connectivity index (χ0v) is 13.8. The molecule has 1 N–H and O–H groups in total. The average Bonchev–Trinajstić information content (AvgIpc) is 2.47. The van der Waals surface area contributed by atoms with E-state index in [1.54, 1.807) is 31.2 Å². The largest absolute Gasteiger partial charge is 0.295 e. The van der Waals surface area contributed by atoms with Crippen molar-refractivity contribution < 1.29 is 13.2 Å². The van der Waals surface area contributed by atoms with Gasteiger partial charge in [0.05, 0.1) is 4.90 Å². The molecule has 0 fully saturated rings.